The average molecular weight is 277 g/mol. The van der Waals surface area contributed by atoms with Crippen molar-refractivity contribution < 1.29 is 14.1 Å². The molecular formula is C14H15NO3S. The fourth-order valence-corrected chi connectivity index (χ4v) is 2.93. The van der Waals surface area contributed by atoms with Gasteiger partial charge in [-0.15, -0.1) is 0 Å². The number of benzene rings is 2. The van der Waals surface area contributed by atoms with Gasteiger partial charge >= 0.3 is 0 Å². The smallest absolute Gasteiger partial charge is 0.120 e. The number of nitrogen functional groups attached to an aromatic ring is 1. The second kappa shape index (κ2) is 5.75. The van der Waals surface area contributed by atoms with Crippen LogP contribution in [0.1, 0.15) is 5.56 Å². The Bertz CT molecular complexity index is 613. The van der Waals surface area contributed by atoms with Crippen LogP contribution in [0.4, 0.5) is 5.69 Å². The van der Waals surface area contributed by atoms with Gasteiger partial charge in [-0.3, -0.25) is 4.21 Å². The van der Waals surface area contributed by atoms with Gasteiger partial charge in [-0.05, 0) is 35.9 Å². The first-order valence-electron chi connectivity index (χ1n) is 5.70. The maximum Gasteiger partial charge on any atom is 0.120 e. The van der Waals surface area contributed by atoms with E-state index in [1.165, 1.54) is 0 Å². The summed E-state index contributed by atoms with van der Waals surface area (Å²) in [5, 5.41) is 9.39. The van der Waals surface area contributed by atoms with Gasteiger partial charge in [-0.25, -0.2) is 0 Å². The summed E-state index contributed by atoms with van der Waals surface area (Å²) in [4.78, 5) is 0.544. The number of phenols is 1. The maximum absolute atomic E-state index is 12.3. The van der Waals surface area contributed by atoms with Crippen molar-refractivity contribution >= 4 is 16.5 Å². The fraction of sp³-hybridized carbons (Fsp3) is 0.143. The molecule has 2 aromatic rings. The zero-order valence-corrected chi connectivity index (χ0v) is 11.3. The second-order valence-electron chi connectivity index (χ2n) is 4.06. The average Bonchev–Trinajstić information content (AvgIpc) is 2.39. The van der Waals surface area contributed by atoms with Gasteiger partial charge < -0.3 is 15.6 Å². The molecule has 100 valence electrons. The van der Waals surface area contributed by atoms with E-state index in [2.05, 4.69) is 0 Å². The molecule has 1 unspecified atom stereocenters. The van der Waals surface area contributed by atoms with Gasteiger partial charge in [0.1, 0.15) is 11.5 Å². The van der Waals surface area contributed by atoms with E-state index in [0.717, 1.165) is 5.56 Å². The highest BCUT2D eigenvalue weighted by molar-refractivity contribution is 7.84. The van der Waals surface area contributed by atoms with Crippen LogP contribution in [0.3, 0.4) is 0 Å². The third-order valence-corrected chi connectivity index (χ3v) is 4.11. The van der Waals surface area contributed by atoms with Crippen LogP contribution in [-0.2, 0) is 16.6 Å². The largest absolute Gasteiger partial charge is 0.508 e. The second-order valence-corrected chi connectivity index (χ2v) is 5.48. The SMILES string of the molecule is COc1ccc(N)c(S(=O)Cc2cccc(O)c2)c1. The van der Waals surface area contributed by atoms with Crippen LogP contribution in [0.5, 0.6) is 11.5 Å². The molecule has 0 aliphatic heterocycles. The molecule has 3 N–H and O–H groups in total. The molecule has 2 aromatic carbocycles. The van der Waals surface area contributed by atoms with E-state index in [1.807, 2.05) is 6.07 Å². The number of rotatable bonds is 4. The predicted molar refractivity (Wildman–Crippen MR) is 75.6 cm³/mol. The monoisotopic (exact) mass is 277 g/mol. The molecule has 0 spiro atoms. The van der Waals surface area contributed by atoms with Crippen molar-refractivity contribution in [2.24, 2.45) is 0 Å². The first-order valence-corrected chi connectivity index (χ1v) is 7.02. The van der Waals surface area contributed by atoms with Crippen LogP contribution in [-0.4, -0.2) is 16.4 Å². The Labute approximate surface area is 114 Å². The number of aromatic hydroxyl groups is 1. The summed E-state index contributed by atoms with van der Waals surface area (Å²) in [7, 11) is 0.267. The lowest BCUT2D eigenvalue weighted by atomic mass is 10.2. The minimum Gasteiger partial charge on any atom is -0.508 e. The van der Waals surface area contributed by atoms with E-state index >= 15 is 0 Å². The van der Waals surface area contributed by atoms with Gasteiger partial charge in [-0.1, -0.05) is 12.1 Å². The van der Waals surface area contributed by atoms with E-state index in [9.17, 15) is 9.32 Å². The highest BCUT2D eigenvalue weighted by atomic mass is 32.2. The quantitative estimate of drug-likeness (QED) is 0.841. The van der Waals surface area contributed by atoms with E-state index < -0.39 is 10.8 Å². The lowest BCUT2D eigenvalue weighted by molar-refractivity contribution is 0.413. The van der Waals surface area contributed by atoms with Gasteiger partial charge in [0.25, 0.3) is 0 Å². The summed E-state index contributed by atoms with van der Waals surface area (Å²) in [6.07, 6.45) is 0. The van der Waals surface area contributed by atoms with Crippen molar-refractivity contribution in [1.82, 2.24) is 0 Å². The van der Waals surface area contributed by atoms with Gasteiger partial charge in [0.2, 0.25) is 0 Å². The zero-order chi connectivity index (χ0) is 13.8. The van der Waals surface area contributed by atoms with Gasteiger partial charge in [0.15, 0.2) is 0 Å². The third-order valence-electron chi connectivity index (χ3n) is 2.67. The van der Waals surface area contributed by atoms with Gasteiger partial charge in [0, 0.05) is 5.69 Å². The number of hydrogen-bond acceptors (Lipinski definition) is 4. The molecule has 19 heavy (non-hydrogen) atoms. The van der Waals surface area contributed by atoms with Crippen molar-refractivity contribution in [3.05, 3.63) is 48.0 Å². The summed E-state index contributed by atoms with van der Waals surface area (Å²) >= 11 is 0. The lowest BCUT2D eigenvalue weighted by Gasteiger charge is -2.08. The highest BCUT2D eigenvalue weighted by Crippen LogP contribution is 2.25. The summed E-state index contributed by atoms with van der Waals surface area (Å²) in [6.45, 7) is 0. The molecule has 0 radical (unpaired) electrons. The Morgan fingerprint density at radius 3 is 2.74 bits per heavy atom. The molecule has 0 aliphatic rings. The van der Waals surface area contributed by atoms with Crippen LogP contribution in [0, 0.1) is 0 Å². The van der Waals surface area contributed by atoms with E-state index in [4.69, 9.17) is 10.5 Å². The van der Waals surface area contributed by atoms with E-state index in [1.54, 1.807) is 43.5 Å². The normalized spacial score (nSPS) is 12.1. The summed E-state index contributed by atoms with van der Waals surface area (Å²) in [5.41, 5.74) is 7.09. The summed E-state index contributed by atoms with van der Waals surface area (Å²) < 4.78 is 17.4. The summed E-state index contributed by atoms with van der Waals surface area (Å²) in [6, 6.07) is 11.8. The molecule has 0 saturated carbocycles. The number of phenolic OH excluding ortho intramolecular Hbond substituents is 1. The van der Waals surface area contributed by atoms with Crippen molar-refractivity contribution in [2.75, 3.05) is 12.8 Å². The molecule has 5 heteroatoms. The first-order chi connectivity index (χ1) is 9.10. The molecule has 0 bridgehead atoms. The van der Waals surface area contributed by atoms with Crippen molar-refractivity contribution in [3.8, 4) is 11.5 Å². The Morgan fingerprint density at radius 1 is 1.26 bits per heavy atom. The fourth-order valence-electron chi connectivity index (χ4n) is 1.71. The molecule has 0 aliphatic carbocycles. The van der Waals surface area contributed by atoms with Crippen LogP contribution >= 0.6 is 0 Å². The van der Waals surface area contributed by atoms with Crippen LogP contribution in [0.25, 0.3) is 0 Å². The number of anilines is 1. The topological polar surface area (TPSA) is 72.5 Å². The molecule has 0 aromatic heterocycles. The van der Waals surface area contributed by atoms with Crippen LogP contribution in [0.15, 0.2) is 47.4 Å². The van der Waals surface area contributed by atoms with Crippen molar-refractivity contribution in [3.63, 3.8) is 0 Å². The predicted octanol–water partition coefficient (Wildman–Crippen LogP) is 2.29. The molecule has 4 nitrogen and oxygen atoms in total. The van der Waals surface area contributed by atoms with Crippen LogP contribution < -0.4 is 10.5 Å². The molecular weight excluding hydrogens is 262 g/mol. The van der Waals surface area contributed by atoms with Crippen molar-refractivity contribution in [1.29, 1.82) is 0 Å². The molecule has 0 fully saturated rings. The van der Waals surface area contributed by atoms with E-state index in [0.29, 0.717) is 22.1 Å². The number of ether oxygens (including phenoxy) is 1. The molecule has 2 rings (SSSR count). The third kappa shape index (κ3) is 3.26. The maximum atomic E-state index is 12.3. The minimum absolute atomic E-state index is 0.160. The number of hydrogen-bond donors (Lipinski definition) is 2. The Hall–Kier alpha value is -2.01. The zero-order valence-electron chi connectivity index (χ0n) is 10.5. The van der Waals surface area contributed by atoms with E-state index in [-0.39, 0.29) is 5.75 Å². The standard InChI is InChI=1S/C14H15NO3S/c1-18-12-5-6-13(15)14(8-12)19(17)9-10-3-2-4-11(16)7-10/h2-8,16H,9,15H2,1H3. The lowest BCUT2D eigenvalue weighted by Crippen LogP contribution is -2.01. The minimum atomic E-state index is -1.28. The molecule has 0 amide bonds. The Kier molecular flexibility index (Phi) is 4.06. The first kappa shape index (κ1) is 13.4. The van der Waals surface area contributed by atoms with Crippen molar-refractivity contribution in [2.45, 2.75) is 10.6 Å². The number of nitrogens with two attached hydrogens (primary N) is 1. The molecule has 0 saturated heterocycles. The summed E-state index contributed by atoms with van der Waals surface area (Å²) in [5.74, 6) is 1.08. The molecule has 1 atom stereocenters. The Balaban J connectivity index is 2.25. The van der Waals surface area contributed by atoms with Gasteiger partial charge in [0.05, 0.1) is 28.6 Å². The highest BCUT2D eigenvalue weighted by Gasteiger charge is 2.10. The molecule has 0 heterocycles. The van der Waals surface area contributed by atoms with Gasteiger partial charge in [-0.2, -0.15) is 0 Å². The van der Waals surface area contributed by atoms with Crippen LogP contribution in [0.2, 0.25) is 0 Å². The Morgan fingerprint density at radius 2 is 2.05 bits per heavy atom. The number of methoxy groups -OCH3 is 1.